The van der Waals surface area contributed by atoms with Gasteiger partial charge in [-0.3, -0.25) is 4.79 Å². The Hall–Kier alpha value is -1.41. The van der Waals surface area contributed by atoms with Crippen LogP contribution in [0.15, 0.2) is 18.2 Å². The zero-order chi connectivity index (χ0) is 17.2. The van der Waals surface area contributed by atoms with Crippen LogP contribution in [0.1, 0.15) is 18.7 Å². The largest absolute Gasteiger partial charge is 0.381 e. The summed E-state index contributed by atoms with van der Waals surface area (Å²) in [5.74, 6) is 0.493. The summed E-state index contributed by atoms with van der Waals surface area (Å²) in [7, 11) is 1.89. The maximum absolute atomic E-state index is 13.3. The topological polar surface area (TPSA) is 82.2 Å². The molecule has 3 rings (SSSR count). The van der Waals surface area contributed by atoms with Crippen molar-refractivity contribution < 1.29 is 13.9 Å². The van der Waals surface area contributed by atoms with Crippen molar-refractivity contribution in [3.05, 3.63) is 29.8 Å². The number of halogens is 3. The molecule has 3 N–H and O–H groups in total. The lowest BCUT2D eigenvalue weighted by Crippen LogP contribution is -2.49. The first-order valence-corrected chi connectivity index (χ1v) is 8.23. The van der Waals surface area contributed by atoms with E-state index in [4.69, 9.17) is 10.5 Å². The number of rotatable bonds is 5. The van der Waals surface area contributed by atoms with Gasteiger partial charge in [0.2, 0.25) is 5.91 Å². The SMILES string of the molecule is Cl.Cl.Cn1c(CCNC(=O)C2(CN)CCOCC2)nc2cc(F)ccc21. The Morgan fingerprint density at radius 1 is 1.38 bits per heavy atom. The second-order valence-corrected chi connectivity index (χ2v) is 6.32. The Balaban J connectivity index is 0.00000169. The number of aromatic nitrogens is 2. The van der Waals surface area contributed by atoms with E-state index in [0.717, 1.165) is 11.3 Å². The van der Waals surface area contributed by atoms with E-state index in [1.807, 2.05) is 11.6 Å². The maximum atomic E-state index is 13.3. The lowest BCUT2D eigenvalue weighted by atomic mass is 9.79. The molecule has 2 aromatic rings. The summed E-state index contributed by atoms with van der Waals surface area (Å²) in [4.78, 5) is 17.0. The standard InChI is InChI=1S/C17H23FN4O2.2ClH/c1-22-14-3-2-12(18)10-13(14)21-15(22)4-7-20-16(23)17(11-19)5-8-24-9-6-17;;/h2-3,10H,4-9,11,19H2,1H3,(H,20,23);2*1H. The summed E-state index contributed by atoms with van der Waals surface area (Å²) in [6.07, 6.45) is 1.89. The molecule has 2 heterocycles. The highest BCUT2D eigenvalue weighted by Gasteiger charge is 2.38. The van der Waals surface area contributed by atoms with E-state index in [1.54, 1.807) is 6.07 Å². The molecule has 0 unspecified atom stereocenters. The predicted octanol–water partition coefficient (Wildman–Crippen LogP) is 1.97. The maximum Gasteiger partial charge on any atom is 0.227 e. The third-order valence-corrected chi connectivity index (χ3v) is 4.89. The molecule has 6 nitrogen and oxygen atoms in total. The van der Waals surface area contributed by atoms with E-state index in [1.165, 1.54) is 12.1 Å². The number of hydrogen-bond donors (Lipinski definition) is 2. The average molecular weight is 407 g/mol. The number of ether oxygens (including phenoxy) is 1. The van der Waals surface area contributed by atoms with Crippen molar-refractivity contribution in [1.82, 2.24) is 14.9 Å². The highest BCUT2D eigenvalue weighted by Crippen LogP contribution is 2.29. The number of imidazole rings is 1. The highest BCUT2D eigenvalue weighted by molar-refractivity contribution is 5.85. The van der Waals surface area contributed by atoms with Gasteiger partial charge in [0.05, 0.1) is 16.4 Å². The summed E-state index contributed by atoms with van der Waals surface area (Å²) < 4.78 is 20.5. The molecule has 1 fully saturated rings. The number of amides is 1. The molecule has 0 bridgehead atoms. The first-order valence-electron chi connectivity index (χ1n) is 8.23. The van der Waals surface area contributed by atoms with Crippen LogP contribution in [0.5, 0.6) is 0 Å². The van der Waals surface area contributed by atoms with Gasteiger partial charge in [-0.1, -0.05) is 0 Å². The molecule has 1 aliphatic heterocycles. The number of fused-ring (bicyclic) bond motifs is 1. The molecular formula is C17H25Cl2FN4O2. The van der Waals surface area contributed by atoms with Crippen molar-refractivity contribution in [1.29, 1.82) is 0 Å². The molecule has 1 aromatic heterocycles. The van der Waals surface area contributed by atoms with Crippen LogP contribution in [-0.2, 0) is 23.0 Å². The minimum absolute atomic E-state index is 0. The van der Waals surface area contributed by atoms with Crippen LogP contribution in [0.2, 0.25) is 0 Å². The molecule has 1 aliphatic rings. The molecule has 26 heavy (non-hydrogen) atoms. The average Bonchev–Trinajstić information content (AvgIpc) is 2.90. The van der Waals surface area contributed by atoms with Crippen molar-refractivity contribution >= 4 is 41.8 Å². The number of nitrogens with zero attached hydrogens (tertiary/aromatic N) is 2. The van der Waals surface area contributed by atoms with Crippen LogP contribution in [-0.4, -0.2) is 41.8 Å². The Kier molecular flexibility index (Phi) is 8.27. The van der Waals surface area contributed by atoms with E-state index < -0.39 is 5.41 Å². The van der Waals surface area contributed by atoms with Gasteiger partial charge in [0.25, 0.3) is 0 Å². The van der Waals surface area contributed by atoms with Crippen molar-refractivity contribution in [2.75, 3.05) is 26.3 Å². The van der Waals surface area contributed by atoms with E-state index in [2.05, 4.69) is 10.3 Å². The van der Waals surface area contributed by atoms with E-state index in [9.17, 15) is 9.18 Å². The lowest BCUT2D eigenvalue weighted by Gasteiger charge is -2.34. The van der Waals surface area contributed by atoms with Gasteiger partial charge in [-0.25, -0.2) is 9.37 Å². The molecule has 0 spiro atoms. The molecule has 0 aliphatic carbocycles. The number of carbonyl (C=O) groups excluding carboxylic acids is 1. The summed E-state index contributed by atoms with van der Waals surface area (Å²) in [6, 6.07) is 4.56. The summed E-state index contributed by atoms with van der Waals surface area (Å²) in [6.45, 7) is 1.94. The summed E-state index contributed by atoms with van der Waals surface area (Å²) in [5, 5.41) is 2.97. The molecule has 0 atom stereocenters. The van der Waals surface area contributed by atoms with Crippen molar-refractivity contribution in [2.24, 2.45) is 18.2 Å². The number of nitrogens with two attached hydrogens (primary N) is 1. The monoisotopic (exact) mass is 406 g/mol. The zero-order valence-electron chi connectivity index (χ0n) is 14.7. The van der Waals surface area contributed by atoms with E-state index in [0.29, 0.717) is 51.1 Å². The molecule has 1 aromatic carbocycles. The Labute approximate surface area is 164 Å². The first kappa shape index (κ1) is 22.6. The molecular weight excluding hydrogens is 382 g/mol. The number of nitrogens with one attached hydrogen (secondary N) is 1. The fraction of sp³-hybridized carbons (Fsp3) is 0.529. The fourth-order valence-corrected chi connectivity index (χ4v) is 3.21. The van der Waals surface area contributed by atoms with Gasteiger partial charge >= 0.3 is 0 Å². The van der Waals surface area contributed by atoms with Crippen molar-refractivity contribution in [3.63, 3.8) is 0 Å². The number of hydrogen-bond acceptors (Lipinski definition) is 4. The molecule has 0 radical (unpaired) electrons. The third kappa shape index (κ3) is 4.46. The van der Waals surface area contributed by atoms with Crippen LogP contribution in [0, 0.1) is 11.2 Å². The van der Waals surface area contributed by atoms with Crippen molar-refractivity contribution in [2.45, 2.75) is 19.3 Å². The van der Waals surface area contributed by atoms with Crippen LogP contribution in [0.4, 0.5) is 4.39 Å². The van der Waals surface area contributed by atoms with Crippen LogP contribution in [0.3, 0.4) is 0 Å². The minimum atomic E-state index is -0.520. The Morgan fingerprint density at radius 2 is 2.08 bits per heavy atom. The molecule has 1 saturated heterocycles. The first-order chi connectivity index (χ1) is 11.6. The van der Waals surface area contributed by atoms with Crippen molar-refractivity contribution in [3.8, 4) is 0 Å². The number of carbonyl (C=O) groups is 1. The van der Waals surface area contributed by atoms with Gasteiger partial charge in [-0.2, -0.15) is 0 Å². The molecule has 1 amide bonds. The molecule has 9 heteroatoms. The van der Waals surface area contributed by atoms with Gasteiger partial charge in [0, 0.05) is 45.8 Å². The van der Waals surface area contributed by atoms with Gasteiger partial charge in [0.15, 0.2) is 0 Å². The number of benzene rings is 1. The number of aryl methyl sites for hydroxylation is 1. The van der Waals surface area contributed by atoms with E-state index >= 15 is 0 Å². The quantitative estimate of drug-likeness (QED) is 0.794. The van der Waals surface area contributed by atoms with Crippen LogP contribution < -0.4 is 11.1 Å². The van der Waals surface area contributed by atoms with E-state index in [-0.39, 0.29) is 36.5 Å². The zero-order valence-corrected chi connectivity index (χ0v) is 16.3. The summed E-state index contributed by atoms with van der Waals surface area (Å²) >= 11 is 0. The second kappa shape index (κ2) is 9.50. The lowest BCUT2D eigenvalue weighted by molar-refractivity contribution is -0.135. The predicted molar refractivity (Wildman–Crippen MR) is 103 cm³/mol. The highest BCUT2D eigenvalue weighted by atomic mass is 35.5. The fourth-order valence-electron chi connectivity index (χ4n) is 3.21. The minimum Gasteiger partial charge on any atom is -0.381 e. The third-order valence-electron chi connectivity index (χ3n) is 4.89. The van der Waals surface area contributed by atoms with Crippen LogP contribution in [0.25, 0.3) is 11.0 Å². The second-order valence-electron chi connectivity index (χ2n) is 6.32. The normalized spacial score (nSPS) is 15.8. The Bertz CT molecular complexity index is 748. The van der Waals surface area contributed by atoms with Gasteiger partial charge in [-0.05, 0) is 25.0 Å². The van der Waals surface area contributed by atoms with Gasteiger partial charge < -0.3 is 20.4 Å². The van der Waals surface area contributed by atoms with Gasteiger partial charge in [0.1, 0.15) is 11.6 Å². The summed E-state index contributed by atoms with van der Waals surface area (Å²) in [5.41, 5.74) is 6.82. The smallest absolute Gasteiger partial charge is 0.227 e. The Morgan fingerprint density at radius 3 is 2.73 bits per heavy atom. The molecule has 146 valence electrons. The van der Waals surface area contributed by atoms with Crippen LogP contribution >= 0.6 is 24.8 Å². The molecule has 0 saturated carbocycles. The van der Waals surface area contributed by atoms with Gasteiger partial charge in [-0.15, -0.1) is 24.8 Å².